The van der Waals surface area contributed by atoms with Crippen molar-refractivity contribution in [2.24, 2.45) is 5.41 Å². The van der Waals surface area contributed by atoms with Gasteiger partial charge >= 0.3 is 0 Å². The Hall–Kier alpha value is -2.17. The van der Waals surface area contributed by atoms with Crippen molar-refractivity contribution < 1.29 is 14.4 Å². The lowest BCUT2D eigenvalue weighted by atomic mass is 9.85. The largest absolute Gasteiger partial charge is 0.337 e. The summed E-state index contributed by atoms with van der Waals surface area (Å²) in [4.78, 5) is 39.6. The Balaban J connectivity index is 1.79. The second-order valence-corrected chi connectivity index (χ2v) is 5.81. The molecule has 5 heteroatoms. The summed E-state index contributed by atoms with van der Waals surface area (Å²) < 4.78 is 0. The summed E-state index contributed by atoms with van der Waals surface area (Å²) in [5.41, 5.74) is 0.214. The van der Waals surface area contributed by atoms with Crippen molar-refractivity contribution >= 4 is 17.7 Å². The summed E-state index contributed by atoms with van der Waals surface area (Å²) in [5.74, 6) is -0.381. The number of hydrogen-bond donors (Lipinski definition) is 0. The molecule has 0 unspecified atom stereocenters. The summed E-state index contributed by atoms with van der Waals surface area (Å²) in [7, 11) is 0. The molecule has 1 aromatic carbocycles. The van der Waals surface area contributed by atoms with Crippen molar-refractivity contribution in [2.45, 2.75) is 26.3 Å². The van der Waals surface area contributed by atoms with Gasteiger partial charge in [0.1, 0.15) is 0 Å². The van der Waals surface area contributed by atoms with Crippen LogP contribution in [0.15, 0.2) is 30.3 Å². The van der Waals surface area contributed by atoms with Crippen molar-refractivity contribution in [3.05, 3.63) is 35.9 Å². The average Bonchev–Trinajstić information content (AvgIpc) is 2.89. The standard InChI is InChI=1S/C16H18N2O3/c1-2-18-14(20)9-16(15(18)21)8-13(19)17(11-16)10-12-6-4-3-5-7-12/h3-7H,2,8-11H2,1H3/t16-/m0/s1. The van der Waals surface area contributed by atoms with Crippen molar-refractivity contribution in [3.63, 3.8) is 0 Å². The first kappa shape index (κ1) is 13.8. The van der Waals surface area contributed by atoms with Crippen LogP contribution < -0.4 is 0 Å². The molecule has 2 fully saturated rings. The van der Waals surface area contributed by atoms with Crippen LogP contribution in [0, 0.1) is 5.41 Å². The highest BCUT2D eigenvalue weighted by Gasteiger charge is 2.57. The van der Waals surface area contributed by atoms with Gasteiger partial charge in [-0.15, -0.1) is 0 Å². The Morgan fingerprint density at radius 2 is 1.71 bits per heavy atom. The first-order valence-electron chi connectivity index (χ1n) is 7.22. The van der Waals surface area contributed by atoms with Crippen LogP contribution in [0.1, 0.15) is 25.3 Å². The molecule has 0 aromatic heterocycles. The van der Waals surface area contributed by atoms with Gasteiger partial charge in [0.2, 0.25) is 17.7 Å². The number of hydrogen-bond acceptors (Lipinski definition) is 3. The minimum absolute atomic E-state index is 0.0436. The molecule has 3 rings (SSSR count). The fourth-order valence-corrected chi connectivity index (χ4v) is 3.30. The van der Waals surface area contributed by atoms with Gasteiger partial charge < -0.3 is 4.90 Å². The fourth-order valence-electron chi connectivity index (χ4n) is 3.30. The van der Waals surface area contributed by atoms with E-state index < -0.39 is 5.41 Å². The highest BCUT2D eigenvalue weighted by molar-refractivity contribution is 6.08. The Labute approximate surface area is 123 Å². The zero-order valence-corrected chi connectivity index (χ0v) is 12.0. The van der Waals surface area contributed by atoms with E-state index in [1.807, 2.05) is 30.3 Å². The van der Waals surface area contributed by atoms with Crippen LogP contribution in [0.3, 0.4) is 0 Å². The van der Waals surface area contributed by atoms with E-state index in [1.54, 1.807) is 11.8 Å². The number of carbonyl (C=O) groups is 3. The van der Waals surface area contributed by atoms with Gasteiger partial charge in [0.25, 0.3) is 0 Å². The minimum atomic E-state index is -0.820. The van der Waals surface area contributed by atoms with Crippen molar-refractivity contribution in [1.29, 1.82) is 0 Å². The van der Waals surface area contributed by atoms with Crippen molar-refractivity contribution in [2.75, 3.05) is 13.1 Å². The lowest BCUT2D eigenvalue weighted by Crippen LogP contribution is -2.37. The molecule has 2 heterocycles. The number of benzene rings is 1. The van der Waals surface area contributed by atoms with E-state index in [2.05, 4.69) is 0 Å². The summed E-state index contributed by atoms with van der Waals surface area (Å²) >= 11 is 0. The first-order valence-corrected chi connectivity index (χ1v) is 7.22. The van der Waals surface area contributed by atoms with E-state index in [4.69, 9.17) is 0 Å². The van der Waals surface area contributed by atoms with Gasteiger partial charge in [-0.3, -0.25) is 19.3 Å². The Kier molecular flexibility index (Phi) is 3.27. The summed E-state index contributed by atoms with van der Waals surface area (Å²) in [6, 6.07) is 9.69. The maximum Gasteiger partial charge on any atom is 0.238 e. The lowest BCUT2D eigenvalue weighted by Gasteiger charge is -2.21. The van der Waals surface area contributed by atoms with E-state index in [-0.39, 0.29) is 30.6 Å². The normalized spacial score (nSPS) is 25.5. The second kappa shape index (κ2) is 4.98. The summed E-state index contributed by atoms with van der Waals surface area (Å²) in [6.45, 7) is 3.01. The van der Waals surface area contributed by atoms with Crippen LogP contribution in [0.4, 0.5) is 0 Å². The molecule has 5 nitrogen and oxygen atoms in total. The zero-order valence-electron chi connectivity index (χ0n) is 12.0. The fraction of sp³-hybridized carbons (Fsp3) is 0.438. The number of imide groups is 1. The van der Waals surface area contributed by atoms with Crippen LogP contribution in [0.25, 0.3) is 0 Å². The SMILES string of the molecule is CCN1C(=O)C[C@]2(CC(=O)N(Cc3ccccc3)C2)C1=O. The molecule has 21 heavy (non-hydrogen) atoms. The van der Waals surface area contributed by atoms with Gasteiger partial charge in [0.15, 0.2) is 0 Å². The Morgan fingerprint density at radius 1 is 1.05 bits per heavy atom. The van der Waals surface area contributed by atoms with E-state index in [9.17, 15) is 14.4 Å². The molecule has 0 N–H and O–H groups in total. The van der Waals surface area contributed by atoms with Gasteiger partial charge in [-0.2, -0.15) is 0 Å². The molecule has 0 bridgehead atoms. The van der Waals surface area contributed by atoms with Crippen LogP contribution >= 0.6 is 0 Å². The molecule has 3 amide bonds. The molecule has 1 aromatic rings. The zero-order chi connectivity index (χ0) is 15.0. The lowest BCUT2D eigenvalue weighted by molar-refractivity contribution is -0.141. The summed E-state index contributed by atoms with van der Waals surface area (Å²) in [5, 5.41) is 0. The quantitative estimate of drug-likeness (QED) is 0.784. The molecule has 110 valence electrons. The third-order valence-corrected chi connectivity index (χ3v) is 4.36. The molecule has 2 aliphatic rings. The number of likely N-dealkylation sites (tertiary alicyclic amines) is 2. The number of rotatable bonds is 3. The number of carbonyl (C=O) groups excluding carboxylic acids is 3. The summed E-state index contributed by atoms with van der Waals surface area (Å²) in [6.07, 6.45) is 0.317. The van der Waals surface area contributed by atoms with E-state index in [0.29, 0.717) is 19.6 Å². The first-order chi connectivity index (χ1) is 10.1. The van der Waals surface area contributed by atoms with Gasteiger partial charge in [-0.25, -0.2) is 0 Å². The molecule has 2 saturated heterocycles. The third-order valence-electron chi connectivity index (χ3n) is 4.36. The van der Waals surface area contributed by atoms with Gasteiger partial charge in [0.05, 0.1) is 5.41 Å². The number of nitrogens with zero attached hydrogens (tertiary/aromatic N) is 2. The minimum Gasteiger partial charge on any atom is -0.337 e. The van der Waals surface area contributed by atoms with E-state index in [1.165, 1.54) is 4.90 Å². The molecule has 0 saturated carbocycles. The van der Waals surface area contributed by atoms with Crippen molar-refractivity contribution in [3.8, 4) is 0 Å². The smallest absolute Gasteiger partial charge is 0.238 e. The molecule has 0 aliphatic carbocycles. The van der Waals surface area contributed by atoms with Crippen LogP contribution in [-0.4, -0.2) is 40.6 Å². The maximum absolute atomic E-state index is 12.4. The average molecular weight is 286 g/mol. The van der Waals surface area contributed by atoms with Gasteiger partial charge in [-0.05, 0) is 12.5 Å². The molecule has 1 spiro atoms. The van der Waals surface area contributed by atoms with Gasteiger partial charge in [0, 0.05) is 32.5 Å². The second-order valence-electron chi connectivity index (χ2n) is 5.81. The predicted molar refractivity (Wildman–Crippen MR) is 75.9 cm³/mol. The molecular formula is C16H18N2O3. The monoisotopic (exact) mass is 286 g/mol. The molecule has 1 atom stereocenters. The Bertz CT molecular complexity index is 599. The maximum atomic E-state index is 12.4. The number of amides is 3. The molecule has 0 radical (unpaired) electrons. The molecular weight excluding hydrogens is 268 g/mol. The highest BCUT2D eigenvalue weighted by Crippen LogP contribution is 2.42. The van der Waals surface area contributed by atoms with E-state index >= 15 is 0 Å². The highest BCUT2D eigenvalue weighted by atomic mass is 16.2. The van der Waals surface area contributed by atoms with Gasteiger partial charge in [-0.1, -0.05) is 30.3 Å². The van der Waals surface area contributed by atoms with Crippen LogP contribution in [0.5, 0.6) is 0 Å². The molecule has 2 aliphatic heterocycles. The van der Waals surface area contributed by atoms with Crippen LogP contribution in [-0.2, 0) is 20.9 Å². The van der Waals surface area contributed by atoms with Crippen LogP contribution in [0.2, 0.25) is 0 Å². The topological polar surface area (TPSA) is 57.7 Å². The van der Waals surface area contributed by atoms with E-state index in [0.717, 1.165) is 5.56 Å². The predicted octanol–water partition coefficient (Wildman–Crippen LogP) is 1.18. The van der Waals surface area contributed by atoms with Crippen molar-refractivity contribution in [1.82, 2.24) is 9.80 Å². The Morgan fingerprint density at radius 3 is 2.33 bits per heavy atom. The third kappa shape index (κ3) is 2.22.